The van der Waals surface area contributed by atoms with Crippen molar-refractivity contribution in [3.05, 3.63) is 47.7 Å². The molecule has 0 bridgehead atoms. The molecule has 166 valence electrons. The van der Waals surface area contributed by atoms with E-state index in [9.17, 15) is 5.11 Å². The first-order valence-corrected chi connectivity index (χ1v) is 9.95. The molecule has 0 aliphatic carbocycles. The van der Waals surface area contributed by atoms with E-state index in [-0.39, 0.29) is 6.61 Å². The molecular formula is C21H25N9O2. The van der Waals surface area contributed by atoms with E-state index < -0.39 is 0 Å². The smallest absolute Gasteiger partial charge is 0.229 e. The summed E-state index contributed by atoms with van der Waals surface area (Å²) in [5.41, 5.74) is 4.58. The second-order valence-electron chi connectivity index (χ2n) is 7.27. The summed E-state index contributed by atoms with van der Waals surface area (Å²) >= 11 is 0. The van der Waals surface area contributed by atoms with Crippen LogP contribution in [0.3, 0.4) is 0 Å². The normalized spacial score (nSPS) is 10.9. The van der Waals surface area contributed by atoms with Gasteiger partial charge in [0.05, 0.1) is 42.0 Å². The number of hydrogen-bond acceptors (Lipinski definition) is 9. The highest BCUT2D eigenvalue weighted by molar-refractivity contribution is 5.77. The summed E-state index contributed by atoms with van der Waals surface area (Å²) in [5.74, 6) is 1.94. The van der Waals surface area contributed by atoms with Crippen molar-refractivity contribution in [3.63, 3.8) is 0 Å². The monoisotopic (exact) mass is 435 g/mol. The van der Waals surface area contributed by atoms with Gasteiger partial charge in [0.1, 0.15) is 12.1 Å². The number of benzene rings is 1. The second kappa shape index (κ2) is 8.63. The number of nitrogens with one attached hydrogen (secondary N) is 2. The number of aromatic nitrogens is 7. The quantitative estimate of drug-likeness (QED) is 0.401. The van der Waals surface area contributed by atoms with Crippen LogP contribution in [-0.4, -0.2) is 46.7 Å². The van der Waals surface area contributed by atoms with Crippen molar-refractivity contribution in [3.8, 4) is 17.1 Å². The van der Waals surface area contributed by atoms with Gasteiger partial charge >= 0.3 is 0 Å². The third-order valence-electron chi connectivity index (χ3n) is 5.09. The predicted molar refractivity (Wildman–Crippen MR) is 120 cm³/mol. The van der Waals surface area contributed by atoms with E-state index in [2.05, 4.69) is 35.8 Å². The van der Waals surface area contributed by atoms with E-state index in [4.69, 9.17) is 4.74 Å². The molecule has 0 saturated heterocycles. The van der Waals surface area contributed by atoms with Crippen LogP contribution in [0.1, 0.15) is 17.0 Å². The Morgan fingerprint density at radius 3 is 2.53 bits per heavy atom. The van der Waals surface area contributed by atoms with Gasteiger partial charge in [-0.2, -0.15) is 15.2 Å². The predicted octanol–water partition coefficient (Wildman–Crippen LogP) is 2.61. The Morgan fingerprint density at radius 2 is 1.91 bits per heavy atom. The fourth-order valence-corrected chi connectivity index (χ4v) is 3.38. The minimum Gasteiger partial charge on any atom is -0.494 e. The maximum absolute atomic E-state index is 9.82. The Kier molecular flexibility index (Phi) is 5.73. The molecule has 0 unspecified atom stereocenters. The van der Waals surface area contributed by atoms with Crippen LogP contribution in [0.2, 0.25) is 0 Å². The van der Waals surface area contributed by atoms with Crippen molar-refractivity contribution in [1.82, 2.24) is 34.5 Å². The highest BCUT2D eigenvalue weighted by Gasteiger charge is 2.17. The van der Waals surface area contributed by atoms with Crippen molar-refractivity contribution < 1.29 is 9.84 Å². The van der Waals surface area contributed by atoms with Gasteiger partial charge in [0.2, 0.25) is 5.95 Å². The fraction of sp³-hybridized carbons (Fsp3) is 0.286. The summed E-state index contributed by atoms with van der Waals surface area (Å²) in [6.45, 7) is 3.65. The molecule has 0 amide bonds. The first-order chi connectivity index (χ1) is 15.4. The van der Waals surface area contributed by atoms with Crippen molar-refractivity contribution >= 4 is 23.1 Å². The van der Waals surface area contributed by atoms with Crippen LogP contribution < -0.4 is 15.4 Å². The number of aliphatic hydroxyl groups excluding tert-OH is 1. The van der Waals surface area contributed by atoms with E-state index in [1.54, 1.807) is 36.0 Å². The lowest BCUT2D eigenvalue weighted by atomic mass is 10.1. The minimum absolute atomic E-state index is 0.225. The van der Waals surface area contributed by atoms with Gasteiger partial charge in [0, 0.05) is 25.9 Å². The molecule has 4 aromatic rings. The third kappa shape index (κ3) is 3.97. The van der Waals surface area contributed by atoms with Crippen LogP contribution in [0.5, 0.6) is 5.75 Å². The zero-order valence-corrected chi connectivity index (χ0v) is 18.6. The molecule has 11 heteroatoms. The lowest BCUT2D eigenvalue weighted by Crippen LogP contribution is -2.06. The lowest BCUT2D eigenvalue weighted by molar-refractivity contribution is 0.281. The Labute approximate surface area is 185 Å². The number of nitrogens with zero attached hydrogens (tertiary/aromatic N) is 7. The Morgan fingerprint density at radius 1 is 1.09 bits per heavy atom. The number of methoxy groups -OCH3 is 1. The zero-order valence-electron chi connectivity index (χ0n) is 18.6. The molecule has 3 aromatic heterocycles. The molecule has 32 heavy (non-hydrogen) atoms. The van der Waals surface area contributed by atoms with Gasteiger partial charge < -0.3 is 20.5 Å². The minimum atomic E-state index is -0.225. The number of aryl methyl sites for hydroxylation is 3. The van der Waals surface area contributed by atoms with Gasteiger partial charge in [0.25, 0.3) is 0 Å². The number of rotatable bonds is 7. The molecule has 0 aliphatic rings. The number of para-hydroxylation sites is 1. The van der Waals surface area contributed by atoms with E-state index >= 15 is 0 Å². The van der Waals surface area contributed by atoms with Crippen LogP contribution in [0, 0.1) is 13.8 Å². The first-order valence-electron chi connectivity index (χ1n) is 9.95. The molecule has 1 aromatic carbocycles. The van der Waals surface area contributed by atoms with Gasteiger partial charge in [-0.05, 0) is 26.0 Å². The average Bonchev–Trinajstić information content (AvgIpc) is 3.32. The summed E-state index contributed by atoms with van der Waals surface area (Å²) in [5, 5.41) is 25.1. The molecular weight excluding hydrogens is 410 g/mol. The molecule has 0 atom stereocenters. The molecule has 3 N–H and O–H groups in total. The Balaban J connectivity index is 1.70. The standard InChI is InChI=1S/C21H25N9O2/c1-12-17(13(2)30(4)27-12)25-21-22-9-14(10-31)19(26-21)24-16-8-6-7-15(18(16)32-5)20-23-11-29(3)28-20/h6-9,11,31H,10H2,1-5H3,(H2,22,24,25,26). The van der Waals surface area contributed by atoms with Crippen LogP contribution >= 0.6 is 0 Å². The van der Waals surface area contributed by atoms with Crippen LogP contribution in [0.25, 0.3) is 11.4 Å². The highest BCUT2D eigenvalue weighted by atomic mass is 16.5. The van der Waals surface area contributed by atoms with Crippen molar-refractivity contribution in [2.75, 3.05) is 17.7 Å². The van der Waals surface area contributed by atoms with Crippen LogP contribution in [0.15, 0.2) is 30.7 Å². The highest BCUT2D eigenvalue weighted by Crippen LogP contribution is 2.36. The second-order valence-corrected chi connectivity index (χ2v) is 7.27. The van der Waals surface area contributed by atoms with Crippen molar-refractivity contribution in [2.24, 2.45) is 14.1 Å². The summed E-state index contributed by atoms with van der Waals surface area (Å²) in [6.07, 6.45) is 3.21. The third-order valence-corrected chi connectivity index (χ3v) is 5.09. The zero-order chi connectivity index (χ0) is 22.8. The van der Waals surface area contributed by atoms with Crippen molar-refractivity contribution in [1.29, 1.82) is 0 Å². The summed E-state index contributed by atoms with van der Waals surface area (Å²) in [7, 11) is 5.27. The van der Waals surface area contributed by atoms with Gasteiger partial charge in [-0.25, -0.2) is 9.97 Å². The Hall–Kier alpha value is -3.99. The fourth-order valence-electron chi connectivity index (χ4n) is 3.38. The number of ether oxygens (including phenoxy) is 1. The summed E-state index contributed by atoms with van der Waals surface area (Å²) in [4.78, 5) is 13.2. The summed E-state index contributed by atoms with van der Waals surface area (Å²) in [6, 6.07) is 5.61. The first kappa shape index (κ1) is 21.2. The number of anilines is 4. The topological polar surface area (TPSA) is 128 Å². The molecule has 4 rings (SSSR count). The van der Waals surface area contributed by atoms with E-state index in [0.29, 0.717) is 34.6 Å². The SMILES string of the molecule is COc1c(Nc2nc(Nc3c(C)nn(C)c3C)ncc2CO)cccc1-c1ncn(C)n1. The molecule has 0 spiro atoms. The molecule has 3 heterocycles. The van der Waals surface area contributed by atoms with Gasteiger partial charge in [-0.15, -0.1) is 0 Å². The van der Waals surface area contributed by atoms with Gasteiger partial charge in [-0.1, -0.05) is 6.07 Å². The van der Waals surface area contributed by atoms with Crippen LogP contribution in [-0.2, 0) is 20.7 Å². The van der Waals surface area contributed by atoms with E-state index in [1.807, 2.05) is 39.1 Å². The van der Waals surface area contributed by atoms with Gasteiger partial charge in [-0.3, -0.25) is 9.36 Å². The maximum Gasteiger partial charge on any atom is 0.229 e. The van der Waals surface area contributed by atoms with Crippen molar-refractivity contribution in [2.45, 2.75) is 20.5 Å². The molecule has 0 saturated carbocycles. The lowest BCUT2D eigenvalue weighted by Gasteiger charge is -2.16. The number of hydrogen-bond donors (Lipinski definition) is 3. The average molecular weight is 435 g/mol. The molecule has 11 nitrogen and oxygen atoms in total. The molecule has 0 fully saturated rings. The largest absolute Gasteiger partial charge is 0.494 e. The molecule has 0 aliphatic heterocycles. The molecule has 0 radical (unpaired) electrons. The van der Waals surface area contributed by atoms with E-state index in [1.165, 1.54) is 0 Å². The maximum atomic E-state index is 9.82. The summed E-state index contributed by atoms with van der Waals surface area (Å²) < 4.78 is 9.08. The van der Waals surface area contributed by atoms with E-state index in [0.717, 1.165) is 22.6 Å². The Bertz CT molecular complexity index is 1260. The number of aliphatic hydroxyl groups is 1. The van der Waals surface area contributed by atoms with Gasteiger partial charge in [0.15, 0.2) is 11.6 Å². The van der Waals surface area contributed by atoms with Crippen LogP contribution in [0.4, 0.5) is 23.1 Å².